The highest BCUT2D eigenvalue weighted by atomic mass is 35.5. The molecule has 0 aliphatic carbocycles. The summed E-state index contributed by atoms with van der Waals surface area (Å²) in [7, 11) is 3.11. The molecule has 13 heteroatoms. The molecule has 1 fully saturated rings. The molecule has 8 nitrogen and oxygen atoms in total. The number of carboxylic acid groups (broad SMARTS) is 1. The summed E-state index contributed by atoms with van der Waals surface area (Å²) >= 11 is 13.1. The molecule has 1 atom stereocenters. The highest BCUT2D eigenvalue weighted by Gasteiger charge is 2.38. The zero-order valence-corrected chi connectivity index (χ0v) is 20.1. The van der Waals surface area contributed by atoms with Gasteiger partial charge in [-0.15, -0.1) is 0 Å². The normalized spacial score (nSPS) is 15.3. The zero-order valence-electron chi connectivity index (χ0n) is 18.5. The Balaban J connectivity index is 0.000000429. The Bertz CT molecular complexity index is 1190. The smallest absolute Gasteiger partial charge is 0.490 e. The van der Waals surface area contributed by atoms with Gasteiger partial charge in [0.15, 0.2) is 0 Å². The predicted octanol–water partition coefficient (Wildman–Crippen LogP) is 5.03. The highest BCUT2D eigenvalue weighted by Crippen LogP contribution is 2.46. The molecule has 35 heavy (non-hydrogen) atoms. The van der Waals surface area contributed by atoms with Gasteiger partial charge in [-0.1, -0.05) is 29.3 Å². The number of carbonyl (C=O) groups is 1. The lowest BCUT2D eigenvalue weighted by Gasteiger charge is -2.15. The van der Waals surface area contributed by atoms with Crippen LogP contribution >= 0.6 is 23.2 Å². The number of methoxy groups -OCH3 is 2. The average molecular weight is 533 g/mol. The molecule has 0 bridgehead atoms. The minimum absolute atomic E-state index is 0.360. The molecule has 1 aliphatic rings. The van der Waals surface area contributed by atoms with E-state index in [1.165, 1.54) is 0 Å². The van der Waals surface area contributed by atoms with Crippen LogP contribution in [0.1, 0.15) is 6.42 Å². The molecule has 3 N–H and O–H groups in total. The molecule has 1 aliphatic heterocycles. The first kappa shape index (κ1) is 26.6. The number of hydrogen-bond donors (Lipinski definition) is 3. The van der Waals surface area contributed by atoms with Crippen molar-refractivity contribution in [2.45, 2.75) is 18.6 Å². The van der Waals surface area contributed by atoms with Crippen molar-refractivity contribution in [1.82, 2.24) is 15.3 Å². The number of nitrogens with zero attached hydrogens (tertiary/aromatic N) is 2. The van der Waals surface area contributed by atoms with E-state index in [-0.39, 0.29) is 0 Å². The summed E-state index contributed by atoms with van der Waals surface area (Å²) in [5.41, 5.74) is 2.33. The SMILES string of the molecule is COc1cc(OC)c(Cl)c(-c2ccc3nc(N[C@H]4CCNC4)ncc3c2)c1Cl.O=C(O)C(F)(F)F. The first-order chi connectivity index (χ1) is 16.5. The number of aliphatic carboxylic acids is 1. The molecule has 2 heterocycles. The molecule has 0 amide bonds. The Kier molecular flexibility index (Phi) is 8.47. The lowest BCUT2D eigenvalue weighted by atomic mass is 10.0. The van der Waals surface area contributed by atoms with E-state index in [4.69, 9.17) is 42.6 Å². The minimum Gasteiger partial charge on any atom is -0.495 e. The van der Waals surface area contributed by atoms with Gasteiger partial charge in [-0.05, 0) is 30.7 Å². The number of alkyl halides is 3. The van der Waals surface area contributed by atoms with Gasteiger partial charge >= 0.3 is 12.1 Å². The number of fused-ring (bicyclic) bond motifs is 1. The van der Waals surface area contributed by atoms with Crippen molar-refractivity contribution < 1.29 is 32.5 Å². The molecule has 3 aromatic rings. The summed E-state index contributed by atoms with van der Waals surface area (Å²) in [6, 6.07) is 7.86. The summed E-state index contributed by atoms with van der Waals surface area (Å²) in [5, 5.41) is 15.6. The van der Waals surface area contributed by atoms with Gasteiger partial charge < -0.3 is 25.2 Å². The second-order valence-electron chi connectivity index (χ2n) is 7.39. The number of rotatable bonds is 5. The molecule has 0 saturated carbocycles. The molecule has 1 aromatic heterocycles. The number of halogens is 5. The van der Waals surface area contributed by atoms with E-state index in [1.807, 2.05) is 18.2 Å². The van der Waals surface area contributed by atoms with E-state index < -0.39 is 12.1 Å². The summed E-state index contributed by atoms with van der Waals surface area (Å²) < 4.78 is 42.5. The van der Waals surface area contributed by atoms with Gasteiger partial charge in [0.1, 0.15) is 11.5 Å². The lowest BCUT2D eigenvalue weighted by Crippen LogP contribution is -2.23. The van der Waals surface area contributed by atoms with Crippen LogP contribution in [0, 0.1) is 0 Å². The summed E-state index contributed by atoms with van der Waals surface area (Å²) in [5.74, 6) is -1.13. The molecular weight excluding hydrogens is 512 g/mol. The summed E-state index contributed by atoms with van der Waals surface area (Å²) in [6.07, 6.45) is -2.22. The molecule has 4 rings (SSSR count). The minimum atomic E-state index is -5.08. The Labute approximate surface area is 208 Å². The second-order valence-corrected chi connectivity index (χ2v) is 8.14. The van der Waals surface area contributed by atoms with Crippen LogP contribution in [0.5, 0.6) is 11.5 Å². The topological polar surface area (TPSA) is 106 Å². The third-order valence-corrected chi connectivity index (χ3v) is 5.83. The van der Waals surface area contributed by atoms with E-state index in [9.17, 15) is 13.2 Å². The molecule has 0 unspecified atom stereocenters. The molecule has 1 saturated heterocycles. The van der Waals surface area contributed by atoms with Gasteiger partial charge in [0.05, 0.1) is 29.8 Å². The quantitative estimate of drug-likeness (QED) is 0.420. The van der Waals surface area contributed by atoms with E-state index in [0.717, 1.165) is 36.0 Å². The standard InChI is InChI=1S/C20H20Cl2N4O2.C2HF3O2/c1-27-15-8-16(28-2)19(22)17(18(15)21)11-3-4-14-12(7-11)9-24-20(26-14)25-13-5-6-23-10-13;3-2(4,5)1(6)7/h3-4,7-9,13,23H,5-6,10H2,1-2H3,(H,24,25,26);(H,6,7)/t13-;/m0./s1. The van der Waals surface area contributed by atoms with Crippen LogP contribution in [0.3, 0.4) is 0 Å². The Morgan fingerprint density at radius 1 is 1.17 bits per heavy atom. The zero-order chi connectivity index (χ0) is 25.8. The van der Waals surface area contributed by atoms with Crippen molar-refractivity contribution in [2.24, 2.45) is 0 Å². The van der Waals surface area contributed by atoms with Crippen LogP contribution in [0.2, 0.25) is 10.0 Å². The van der Waals surface area contributed by atoms with E-state index in [2.05, 4.69) is 20.6 Å². The second kappa shape index (κ2) is 11.1. The number of carboxylic acids is 1. The molecular formula is C22H21Cl2F3N4O4. The van der Waals surface area contributed by atoms with Gasteiger partial charge in [-0.3, -0.25) is 0 Å². The third-order valence-electron chi connectivity index (χ3n) is 5.08. The Hall–Kier alpha value is -3.02. The fraction of sp³-hybridized carbons (Fsp3) is 0.318. The van der Waals surface area contributed by atoms with Gasteiger partial charge in [0, 0.05) is 35.8 Å². The molecule has 2 aromatic carbocycles. The van der Waals surface area contributed by atoms with Gasteiger partial charge in [0.2, 0.25) is 5.95 Å². The van der Waals surface area contributed by atoms with Crippen molar-refractivity contribution in [3.63, 3.8) is 0 Å². The van der Waals surface area contributed by atoms with Crippen molar-refractivity contribution in [3.8, 4) is 22.6 Å². The van der Waals surface area contributed by atoms with Crippen molar-refractivity contribution in [2.75, 3.05) is 32.6 Å². The number of anilines is 1. The van der Waals surface area contributed by atoms with Crippen LogP contribution < -0.4 is 20.1 Å². The third kappa shape index (κ3) is 6.36. The maximum Gasteiger partial charge on any atom is 0.490 e. The average Bonchev–Trinajstić information content (AvgIpc) is 3.32. The Morgan fingerprint density at radius 3 is 2.31 bits per heavy atom. The number of benzene rings is 2. The molecule has 0 spiro atoms. The first-order valence-corrected chi connectivity index (χ1v) is 10.9. The monoisotopic (exact) mass is 532 g/mol. The van der Waals surface area contributed by atoms with Gasteiger partial charge in [-0.2, -0.15) is 13.2 Å². The fourth-order valence-corrected chi connectivity index (χ4v) is 4.08. The number of nitrogens with one attached hydrogen (secondary N) is 2. The van der Waals surface area contributed by atoms with Crippen LogP contribution in [0.15, 0.2) is 30.5 Å². The Morgan fingerprint density at radius 2 is 1.80 bits per heavy atom. The van der Waals surface area contributed by atoms with Crippen LogP contribution in [0.4, 0.5) is 19.1 Å². The lowest BCUT2D eigenvalue weighted by molar-refractivity contribution is -0.192. The first-order valence-electron chi connectivity index (χ1n) is 10.2. The molecule has 0 radical (unpaired) electrons. The van der Waals surface area contributed by atoms with Crippen molar-refractivity contribution in [1.29, 1.82) is 0 Å². The summed E-state index contributed by atoms with van der Waals surface area (Å²) in [4.78, 5) is 18.0. The molecule has 188 valence electrons. The van der Waals surface area contributed by atoms with Crippen molar-refractivity contribution >= 4 is 46.0 Å². The van der Waals surface area contributed by atoms with Crippen LogP contribution in [-0.4, -0.2) is 60.6 Å². The van der Waals surface area contributed by atoms with Crippen LogP contribution in [-0.2, 0) is 4.79 Å². The van der Waals surface area contributed by atoms with E-state index in [0.29, 0.717) is 39.1 Å². The van der Waals surface area contributed by atoms with Crippen molar-refractivity contribution in [3.05, 3.63) is 40.5 Å². The van der Waals surface area contributed by atoms with Gasteiger partial charge in [-0.25, -0.2) is 14.8 Å². The summed E-state index contributed by atoms with van der Waals surface area (Å²) in [6.45, 7) is 1.94. The van der Waals surface area contributed by atoms with Crippen LogP contribution in [0.25, 0.3) is 22.0 Å². The highest BCUT2D eigenvalue weighted by molar-refractivity contribution is 6.41. The number of aromatic nitrogens is 2. The largest absolute Gasteiger partial charge is 0.495 e. The number of ether oxygens (including phenoxy) is 2. The van der Waals surface area contributed by atoms with E-state index >= 15 is 0 Å². The predicted molar refractivity (Wildman–Crippen MR) is 127 cm³/mol. The fourth-order valence-electron chi connectivity index (χ4n) is 3.36. The van der Waals surface area contributed by atoms with E-state index in [1.54, 1.807) is 26.5 Å². The van der Waals surface area contributed by atoms with Gasteiger partial charge in [0.25, 0.3) is 0 Å². The maximum absolute atomic E-state index is 10.6. The number of hydrogen-bond acceptors (Lipinski definition) is 7. The maximum atomic E-state index is 10.6.